The van der Waals surface area contributed by atoms with Crippen LogP contribution in [0.25, 0.3) is 0 Å². The number of anilines is 1. The van der Waals surface area contributed by atoms with Gasteiger partial charge in [0.25, 0.3) is 0 Å². The summed E-state index contributed by atoms with van der Waals surface area (Å²) in [5.41, 5.74) is 3.56. The zero-order valence-corrected chi connectivity index (χ0v) is 14.1. The third-order valence-corrected chi connectivity index (χ3v) is 4.07. The van der Waals surface area contributed by atoms with E-state index >= 15 is 0 Å². The van der Waals surface area contributed by atoms with E-state index in [2.05, 4.69) is 63.5 Å². The molecular formula is C15H24N2S2. The average Bonchev–Trinajstić information content (AvgIpc) is 2.27. The Morgan fingerprint density at radius 2 is 1.95 bits per heavy atom. The first-order valence-electron chi connectivity index (χ1n) is 6.54. The molecule has 0 atom stereocenters. The highest BCUT2D eigenvalue weighted by atomic mass is 32.2. The second kappa shape index (κ2) is 7.15. The van der Waals surface area contributed by atoms with Gasteiger partial charge in [0.05, 0.1) is 0 Å². The summed E-state index contributed by atoms with van der Waals surface area (Å²) in [4.78, 5) is 0. The zero-order chi connectivity index (χ0) is 14.5. The van der Waals surface area contributed by atoms with Gasteiger partial charge in [-0.05, 0) is 37.7 Å². The van der Waals surface area contributed by atoms with Crippen molar-refractivity contribution in [1.82, 2.24) is 5.32 Å². The Bertz CT molecular complexity index is 436. The molecule has 0 radical (unpaired) electrons. The zero-order valence-electron chi connectivity index (χ0n) is 12.5. The molecule has 0 bridgehead atoms. The van der Waals surface area contributed by atoms with Gasteiger partial charge in [0.1, 0.15) is 0 Å². The summed E-state index contributed by atoms with van der Waals surface area (Å²) >= 11 is 7.24. The number of benzene rings is 1. The van der Waals surface area contributed by atoms with Gasteiger partial charge in [-0.1, -0.05) is 38.5 Å². The molecule has 2 nitrogen and oxygen atoms in total. The van der Waals surface area contributed by atoms with Crippen molar-refractivity contribution in [3.63, 3.8) is 0 Å². The standard InChI is InChI=1S/C15H24N2S2/c1-11-6-7-13(12(2)10-11)17-14(18)16-8-9-19-15(3,4)5/h6-7,10H,8-9H2,1-5H3,(H2,16,17,18). The van der Waals surface area contributed by atoms with Crippen molar-refractivity contribution in [2.75, 3.05) is 17.6 Å². The third kappa shape index (κ3) is 6.83. The topological polar surface area (TPSA) is 24.1 Å². The van der Waals surface area contributed by atoms with Gasteiger partial charge in [-0.2, -0.15) is 11.8 Å². The maximum absolute atomic E-state index is 5.30. The number of rotatable bonds is 4. The molecule has 2 N–H and O–H groups in total. The van der Waals surface area contributed by atoms with E-state index in [0.717, 1.165) is 18.0 Å². The molecule has 0 aliphatic rings. The monoisotopic (exact) mass is 296 g/mol. The molecule has 0 spiro atoms. The van der Waals surface area contributed by atoms with Gasteiger partial charge < -0.3 is 10.6 Å². The second-order valence-corrected chi connectivity index (χ2v) is 7.99. The molecule has 19 heavy (non-hydrogen) atoms. The SMILES string of the molecule is Cc1ccc(NC(=S)NCCSC(C)(C)C)c(C)c1. The third-order valence-electron chi connectivity index (χ3n) is 2.55. The second-order valence-electron chi connectivity index (χ2n) is 5.66. The van der Waals surface area contributed by atoms with E-state index in [-0.39, 0.29) is 0 Å². The summed E-state index contributed by atoms with van der Waals surface area (Å²) in [6, 6.07) is 6.32. The highest BCUT2D eigenvalue weighted by molar-refractivity contribution is 8.00. The molecule has 0 saturated heterocycles. The molecule has 4 heteroatoms. The summed E-state index contributed by atoms with van der Waals surface area (Å²) in [7, 11) is 0. The number of hydrogen-bond donors (Lipinski definition) is 2. The van der Waals surface area contributed by atoms with E-state index < -0.39 is 0 Å². The van der Waals surface area contributed by atoms with Gasteiger partial charge >= 0.3 is 0 Å². The number of aryl methyl sites for hydroxylation is 2. The van der Waals surface area contributed by atoms with Gasteiger partial charge in [0.15, 0.2) is 5.11 Å². The lowest BCUT2D eigenvalue weighted by Gasteiger charge is -2.18. The Kier molecular flexibility index (Phi) is 6.14. The van der Waals surface area contributed by atoms with Crippen LogP contribution in [0.4, 0.5) is 5.69 Å². The van der Waals surface area contributed by atoms with Gasteiger partial charge in [-0.15, -0.1) is 0 Å². The van der Waals surface area contributed by atoms with Crippen molar-refractivity contribution in [2.45, 2.75) is 39.4 Å². The number of thiocarbonyl (C=S) groups is 1. The maximum atomic E-state index is 5.30. The smallest absolute Gasteiger partial charge is 0.170 e. The van der Waals surface area contributed by atoms with Gasteiger partial charge in [0, 0.05) is 22.7 Å². The molecule has 0 fully saturated rings. The predicted molar refractivity (Wildman–Crippen MR) is 92.4 cm³/mol. The van der Waals surface area contributed by atoms with Crippen molar-refractivity contribution >= 4 is 34.8 Å². The van der Waals surface area contributed by atoms with E-state index in [9.17, 15) is 0 Å². The Hall–Kier alpha value is -0.740. The minimum absolute atomic E-state index is 0.310. The summed E-state index contributed by atoms with van der Waals surface area (Å²) in [5, 5.41) is 7.19. The molecule has 0 heterocycles. The molecule has 1 rings (SSSR count). The molecule has 106 valence electrons. The first kappa shape index (κ1) is 16.3. The van der Waals surface area contributed by atoms with E-state index in [4.69, 9.17) is 12.2 Å². The van der Waals surface area contributed by atoms with E-state index in [1.54, 1.807) is 0 Å². The van der Waals surface area contributed by atoms with Crippen LogP contribution in [-0.2, 0) is 0 Å². The van der Waals surface area contributed by atoms with Crippen molar-refractivity contribution in [1.29, 1.82) is 0 Å². The minimum atomic E-state index is 0.310. The fraction of sp³-hybridized carbons (Fsp3) is 0.533. The first-order valence-corrected chi connectivity index (χ1v) is 7.93. The maximum Gasteiger partial charge on any atom is 0.170 e. The molecule has 0 aliphatic carbocycles. The quantitative estimate of drug-likeness (QED) is 0.644. The van der Waals surface area contributed by atoms with Crippen LogP contribution >= 0.6 is 24.0 Å². The first-order chi connectivity index (χ1) is 8.78. The molecule has 1 aromatic carbocycles. The van der Waals surface area contributed by atoms with Crippen molar-refractivity contribution in [3.05, 3.63) is 29.3 Å². The summed E-state index contributed by atoms with van der Waals surface area (Å²) in [6.07, 6.45) is 0. The van der Waals surface area contributed by atoms with Crippen molar-refractivity contribution in [3.8, 4) is 0 Å². The lowest BCUT2D eigenvalue weighted by Crippen LogP contribution is -2.31. The Morgan fingerprint density at radius 1 is 1.26 bits per heavy atom. The van der Waals surface area contributed by atoms with Crippen LogP contribution in [0, 0.1) is 13.8 Å². The van der Waals surface area contributed by atoms with Gasteiger partial charge in [-0.3, -0.25) is 0 Å². The highest BCUT2D eigenvalue weighted by Crippen LogP contribution is 2.22. The van der Waals surface area contributed by atoms with Crippen LogP contribution in [0.1, 0.15) is 31.9 Å². The normalized spacial score (nSPS) is 11.2. The molecule has 0 saturated carbocycles. The largest absolute Gasteiger partial charge is 0.362 e. The highest BCUT2D eigenvalue weighted by Gasteiger charge is 2.09. The van der Waals surface area contributed by atoms with Crippen LogP contribution in [0.3, 0.4) is 0 Å². The lowest BCUT2D eigenvalue weighted by atomic mass is 10.1. The number of thioether (sulfide) groups is 1. The van der Waals surface area contributed by atoms with Crippen molar-refractivity contribution < 1.29 is 0 Å². The van der Waals surface area contributed by atoms with E-state index in [1.807, 2.05) is 11.8 Å². The summed E-state index contributed by atoms with van der Waals surface area (Å²) in [5.74, 6) is 1.05. The van der Waals surface area contributed by atoms with E-state index in [0.29, 0.717) is 9.86 Å². The molecule has 0 aliphatic heterocycles. The molecule has 1 aromatic rings. The van der Waals surface area contributed by atoms with Crippen LogP contribution in [0.5, 0.6) is 0 Å². The molecule has 0 unspecified atom stereocenters. The molecular weight excluding hydrogens is 272 g/mol. The van der Waals surface area contributed by atoms with Gasteiger partial charge in [0.2, 0.25) is 0 Å². The Balaban J connectivity index is 2.35. The van der Waals surface area contributed by atoms with Gasteiger partial charge in [-0.25, -0.2) is 0 Å². The Morgan fingerprint density at radius 3 is 2.53 bits per heavy atom. The number of nitrogens with one attached hydrogen (secondary N) is 2. The average molecular weight is 297 g/mol. The lowest BCUT2D eigenvalue weighted by molar-refractivity contribution is 0.800. The molecule has 0 aromatic heterocycles. The fourth-order valence-corrected chi connectivity index (χ4v) is 2.67. The Labute approximate surface area is 126 Å². The summed E-state index contributed by atoms with van der Waals surface area (Å²) < 4.78 is 0.310. The fourth-order valence-electron chi connectivity index (χ4n) is 1.64. The van der Waals surface area contributed by atoms with Crippen LogP contribution in [0.15, 0.2) is 18.2 Å². The summed E-state index contributed by atoms with van der Waals surface area (Å²) in [6.45, 7) is 11.8. The number of hydrogen-bond acceptors (Lipinski definition) is 2. The van der Waals surface area contributed by atoms with Crippen LogP contribution in [0.2, 0.25) is 0 Å². The van der Waals surface area contributed by atoms with Crippen LogP contribution in [-0.4, -0.2) is 22.2 Å². The minimum Gasteiger partial charge on any atom is -0.362 e. The predicted octanol–water partition coefficient (Wildman–Crippen LogP) is 4.12. The van der Waals surface area contributed by atoms with Crippen LogP contribution < -0.4 is 10.6 Å². The van der Waals surface area contributed by atoms with E-state index in [1.165, 1.54) is 11.1 Å². The molecule has 0 amide bonds. The van der Waals surface area contributed by atoms with Crippen molar-refractivity contribution in [2.24, 2.45) is 0 Å².